The molecule has 0 bridgehead atoms. The second-order valence-electron chi connectivity index (χ2n) is 3.17. The summed E-state index contributed by atoms with van der Waals surface area (Å²) in [6.45, 7) is 0. The number of ketones is 1. The summed E-state index contributed by atoms with van der Waals surface area (Å²) in [4.78, 5) is 19.6. The van der Waals surface area contributed by atoms with E-state index < -0.39 is 5.78 Å². The zero-order valence-electron chi connectivity index (χ0n) is 8.39. The smallest absolute Gasteiger partial charge is 0.187 e. The molecular weight excluding hydrogens is 226 g/mol. The second-order valence-corrected chi connectivity index (χ2v) is 3.94. The minimum absolute atomic E-state index is 0.0664. The number of nitrogens with zero attached hydrogens (tertiary/aromatic N) is 3. The van der Waals surface area contributed by atoms with Crippen LogP contribution in [0, 0.1) is 11.3 Å². The highest BCUT2D eigenvalue weighted by molar-refractivity contribution is 7.98. The first kappa shape index (κ1) is 10.6. The van der Waals surface area contributed by atoms with Crippen LogP contribution in [-0.4, -0.2) is 27.1 Å². The van der Waals surface area contributed by atoms with E-state index in [-0.39, 0.29) is 23.4 Å². The van der Waals surface area contributed by atoms with Crippen LogP contribution in [0.2, 0.25) is 0 Å². The molecule has 5 nitrogen and oxygen atoms in total. The Morgan fingerprint density at radius 2 is 2.38 bits per heavy atom. The largest absolute Gasteiger partial charge is 0.504 e. The molecule has 0 radical (unpaired) electrons. The molecule has 2 rings (SSSR count). The highest BCUT2D eigenvalue weighted by Crippen LogP contribution is 2.26. The van der Waals surface area contributed by atoms with Crippen molar-refractivity contribution in [1.82, 2.24) is 9.97 Å². The first-order valence-electron chi connectivity index (χ1n) is 4.44. The summed E-state index contributed by atoms with van der Waals surface area (Å²) in [5, 5.41) is 19.0. The monoisotopic (exact) mass is 233 g/mol. The summed E-state index contributed by atoms with van der Waals surface area (Å²) in [6.07, 6.45) is 3.38. The Balaban J connectivity index is 2.64. The number of hydrogen-bond donors (Lipinski definition) is 1. The fourth-order valence-corrected chi connectivity index (χ4v) is 1.79. The molecule has 1 aromatic rings. The summed E-state index contributed by atoms with van der Waals surface area (Å²) in [5.74, 6) is -0.737. The first-order valence-corrected chi connectivity index (χ1v) is 5.66. The zero-order valence-corrected chi connectivity index (χ0v) is 9.21. The van der Waals surface area contributed by atoms with Crippen LogP contribution in [0.4, 0.5) is 0 Å². The van der Waals surface area contributed by atoms with Gasteiger partial charge < -0.3 is 5.11 Å². The standard InChI is InChI=1S/C10H7N3O2S/c1-16-10-12-4-5-2-7(14)6(3-11)9(15)8(5)13-10/h4,15H,2H2,1H3. The lowest BCUT2D eigenvalue weighted by Crippen LogP contribution is -2.17. The van der Waals surface area contributed by atoms with Gasteiger partial charge in [-0.2, -0.15) is 5.26 Å². The van der Waals surface area contributed by atoms with Crippen LogP contribution >= 0.6 is 11.8 Å². The molecule has 1 heterocycles. The molecule has 0 aromatic carbocycles. The third kappa shape index (κ3) is 1.55. The number of carbonyl (C=O) groups is 1. The summed E-state index contributed by atoms with van der Waals surface area (Å²) in [5.41, 5.74) is 0.619. The lowest BCUT2D eigenvalue weighted by Gasteiger charge is -2.13. The highest BCUT2D eigenvalue weighted by atomic mass is 32.2. The van der Waals surface area contributed by atoms with Crippen molar-refractivity contribution in [3.8, 4) is 6.07 Å². The van der Waals surface area contributed by atoms with Gasteiger partial charge in [-0.25, -0.2) is 9.97 Å². The number of carbonyl (C=O) groups excluding carboxylic acids is 1. The molecule has 16 heavy (non-hydrogen) atoms. The van der Waals surface area contributed by atoms with Crippen molar-refractivity contribution in [2.45, 2.75) is 11.6 Å². The summed E-state index contributed by atoms with van der Waals surface area (Å²) in [7, 11) is 0. The Bertz CT molecular complexity index is 545. The Kier molecular flexibility index (Phi) is 2.62. The molecule has 6 heteroatoms. The van der Waals surface area contributed by atoms with Crippen molar-refractivity contribution in [3.63, 3.8) is 0 Å². The fraction of sp³-hybridized carbons (Fsp3) is 0.200. The summed E-state index contributed by atoms with van der Waals surface area (Å²) in [6, 6.07) is 1.69. The molecule has 0 spiro atoms. The van der Waals surface area contributed by atoms with Gasteiger partial charge in [0.1, 0.15) is 17.3 Å². The van der Waals surface area contributed by atoms with E-state index in [0.717, 1.165) is 0 Å². The number of aliphatic hydroxyl groups is 1. The Hall–Kier alpha value is -1.87. The van der Waals surface area contributed by atoms with Crippen LogP contribution < -0.4 is 0 Å². The van der Waals surface area contributed by atoms with Crippen LogP contribution in [-0.2, 0) is 11.2 Å². The van der Waals surface area contributed by atoms with Crippen LogP contribution in [0.15, 0.2) is 16.9 Å². The van der Waals surface area contributed by atoms with Crippen LogP contribution in [0.25, 0.3) is 5.76 Å². The molecule has 1 N–H and O–H groups in total. The third-order valence-corrected chi connectivity index (χ3v) is 2.79. The molecule has 0 unspecified atom stereocenters. The molecular formula is C10H7N3O2S. The van der Waals surface area contributed by atoms with Gasteiger partial charge in [0, 0.05) is 18.2 Å². The fourth-order valence-electron chi connectivity index (χ4n) is 1.45. The molecule has 1 aliphatic rings. The van der Waals surface area contributed by atoms with E-state index in [9.17, 15) is 9.90 Å². The van der Waals surface area contributed by atoms with Crippen molar-refractivity contribution in [1.29, 1.82) is 5.26 Å². The van der Waals surface area contributed by atoms with Gasteiger partial charge in [0.05, 0.1) is 0 Å². The van der Waals surface area contributed by atoms with Crippen molar-refractivity contribution in [3.05, 3.63) is 23.0 Å². The number of nitriles is 1. The predicted octanol–water partition coefficient (Wildman–Crippen LogP) is 1.12. The van der Waals surface area contributed by atoms with Gasteiger partial charge in [-0.05, 0) is 6.26 Å². The molecule has 1 aromatic heterocycles. The maximum atomic E-state index is 11.5. The van der Waals surface area contributed by atoms with E-state index in [1.807, 2.05) is 6.26 Å². The van der Waals surface area contributed by atoms with E-state index in [1.165, 1.54) is 18.0 Å². The number of thioether (sulfide) groups is 1. The molecule has 0 aliphatic heterocycles. The van der Waals surface area contributed by atoms with Gasteiger partial charge >= 0.3 is 0 Å². The average molecular weight is 233 g/mol. The number of rotatable bonds is 1. The Labute approximate surface area is 95.8 Å². The van der Waals surface area contributed by atoms with E-state index in [0.29, 0.717) is 10.7 Å². The molecule has 1 aliphatic carbocycles. The van der Waals surface area contributed by atoms with E-state index in [4.69, 9.17) is 5.26 Å². The van der Waals surface area contributed by atoms with E-state index >= 15 is 0 Å². The molecule has 0 saturated heterocycles. The Morgan fingerprint density at radius 1 is 1.62 bits per heavy atom. The predicted molar refractivity (Wildman–Crippen MR) is 57.7 cm³/mol. The molecule has 0 saturated carbocycles. The maximum Gasteiger partial charge on any atom is 0.187 e. The van der Waals surface area contributed by atoms with E-state index in [2.05, 4.69) is 9.97 Å². The zero-order chi connectivity index (χ0) is 11.7. The number of aromatic nitrogens is 2. The number of aliphatic hydroxyl groups excluding tert-OH is 1. The lowest BCUT2D eigenvalue weighted by molar-refractivity contribution is -0.114. The van der Waals surface area contributed by atoms with Crippen LogP contribution in [0.1, 0.15) is 11.3 Å². The van der Waals surface area contributed by atoms with Crippen LogP contribution in [0.3, 0.4) is 0 Å². The quantitative estimate of drug-likeness (QED) is 0.577. The maximum absolute atomic E-state index is 11.5. The van der Waals surface area contributed by atoms with Gasteiger partial charge in [-0.15, -0.1) is 0 Å². The molecule has 0 atom stereocenters. The average Bonchev–Trinajstić information content (AvgIpc) is 2.29. The first-order chi connectivity index (χ1) is 7.67. The number of hydrogen-bond acceptors (Lipinski definition) is 6. The number of Topliss-reactive ketones (excluding diaryl/α,β-unsaturated/α-hetero) is 1. The number of allylic oxidation sites excluding steroid dienone is 1. The Morgan fingerprint density at radius 3 is 3.00 bits per heavy atom. The van der Waals surface area contributed by atoms with Gasteiger partial charge in [-0.3, -0.25) is 4.79 Å². The van der Waals surface area contributed by atoms with Gasteiger partial charge in [0.2, 0.25) is 0 Å². The minimum atomic E-state index is -0.395. The highest BCUT2D eigenvalue weighted by Gasteiger charge is 2.27. The van der Waals surface area contributed by atoms with Crippen molar-refractivity contribution < 1.29 is 9.90 Å². The van der Waals surface area contributed by atoms with Crippen molar-refractivity contribution in [2.75, 3.05) is 6.26 Å². The van der Waals surface area contributed by atoms with Crippen molar-refractivity contribution in [2.24, 2.45) is 0 Å². The minimum Gasteiger partial charge on any atom is -0.504 e. The van der Waals surface area contributed by atoms with Crippen molar-refractivity contribution >= 4 is 23.3 Å². The normalized spacial score (nSPS) is 14.6. The summed E-state index contributed by atoms with van der Waals surface area (Å²) < 4.78 is 0. The molecule has 0 amide bonds. The molecule has 0 fully saturated rings. The van der Waals surface area contributed by atoms with Gasteiger partial charge in [-0.1, -0.05) is 11.8 Å². The molecule has 80 valence electrons. The van der Waals surface area contributed by atoms with Crippen LogP contribution in [0.5, 0.6) is 0 Å². The SMILES string of the molecule is CSc1ncc2c(n1)C(O)=C(C#N)C(=O)C2. The number of fused-ring (bicyclic) bond motifs is 1. The summed E-state index contributed by atoms with van der Waals surface area (Å²) >= 11 is 1.33. The topological polar surface area (TPSA) is 86.9 Å². The van der Waals surface area contributed by atoms with Gasteiger partial charge in [0.25, 0.3) is 0 Å². The second kappa shape index (κ2) is 3.94. The van der Waals surface area contributed by atoms with E-state index in [1.54, 1.807) is 6.07 Å². The lowest BCUT2D eigenvalue weighted by atomic mass is 9.95. The van der Waals surface area contributed by atoms with Gasteiger partial charge in [0.15, 0.2) is 16.7 Å². The third-order valence-electron chi connectivity index (χ3n) is 2.23.